The van der Waals surface area contributed by atoms with E-state index in [4.69, 9.17) is 9.47 Å². The smallest absolute Gasteiger partial charge is 0.232 e. The molecule has 1 aromatic rings. The molecule has 3 heterocycles. The topological polar surface area (TPSA) is 64.6 Å². The fourth-order valence-electron chi connectivity index (χ4n) is 4.15. The Labute approximate surface area is 148 Å². The van der Waals surface area contributed by atoms with Gasteiger partial charge in [-0.05, 0) is 44.9 Å². The minimum atomic E-state index is -0.0918. The number of aryl methyl sites for hydroxylation is 1. The van der Waals surface area contributed by atoms with Crippen LogP contribution in [0.15, 0.2) is 12.4 Å². The molecule has 4 rings (SSSR count). The van der Waals surface area contributed by atoms with Gasteiger partial charge in [-0.2, -0.15) is 0 Å². The lowest BCUT2D eigenvalue weighted by Crippen LogP contribution is -2.67. The Bertz CT molecular complexity index is 626. The lowest BCUT2D eigenvalue weighted by molar-refractivity contribution is -0.193. The maximum atomic E-state index is 12.3. The molecule has 1 amide bonds. The zero-order valence-electron chi connectivity index (χ0n) is 14.9. The number of rotatable bonds is 5. The van der Waals surface area contributed by atoms with E-state index in [9.17, 15) is 4.79 Å². The van der Waals surface area contributed by atoms with Crippen molar-refractivity contribution in [2.24, 2.45) is 11.8 Å². The van der Waals surface area contributed by atoms with Crippen LogP contribution >= 0.6 is 0 Å². The molecule has 6 nitrogen and oxygen atoms in total. The van der Waals surface area contributed by atoms with Gasteiger partial charge in [-0.3, -0.25) is 9.78 Å². The maximum Gasteiger partial charge on any atom is 0.232 e. The van der Waals surface area contributed by atoms with Gasteiger partial charge in [-0.25, -0.2) is 4.98 Å². The summed E-state index contributed by atoms with van der Waals surface area (Å²) in [4.78, 5) is 22.7. The summed E-state index contributed by atoms with van der Waals surface area (Å²) in [6.07, 6.45) is 9.84. The summed E-state index contributed by atoms with van der Waals surface area (Å²) >= 11 is 0. The second kappa shape index (κ2) is 6.90. The monoisotopic (exact) mass is 345 g/mol. The normalized spacial score (nSPS) is 25.3. The van der Waals surface area contributed by atoms with Gasteiger partial charge in [0.05, 0.1) is 31.6 Å². The second-order valence-corrected chi connectivity index (χ2v) is 7.85. The molecule has 1 spiro atoms. The van der Waals surface area contributed by atoms with Gasteiger partial charge in [0.1, 0.15) is 5.60 Å². The highest BCUT2D eigenvalue weighted by Crippen LogP contribution is 2.40. The van der Waals surface area contributed by atoms with Gasteiger partial charge < -0.3 is 14.4 Å². The van der Waals surface area contributed by atoms with Crippen LogP contribution in [0.2, 0.25) is 0 Å². The van der Waals surface area contributed by atoms with E-state index in [1.807, 2.05) is 11.8 Å². The van der Waals surface area contributed by atoms with Crippen LogP contribution in [-0.4, -0.2) is 52.7 Å². The predicted molar refractivity (Wildman–Crippen MR) is 92.2 cm³/mol. The fourth-order valence-corrected chi connectivity index (χ4v) is 4.15. The maximum absolute atomic E-state index is 12.3. The van der Waals surface area contributed by atoms with Crippen LogP contribution in [0.5, 0.6) is 5.88 Å². The minimum Gasteiger partial charge on any atom is -0.477 e. The number of nitrogens with zero attached hydrogens (tertiary/aromatic N) is 3. The van der Waals surface area contributed by atoms with Crippen LogP contribution in [0.25, 0.3) is 0 Å². The molecular formula is C19H27N3O3. The predicted octanol–water partition coefficient (Wildman–Crippen LogP) is 2.36. The van der Waals surface area contributed by atoms with Crippen LogP contribution in [0.4, 0.5) is 0 Å². The van der Waals surface area contributed by atoms with E-state index in [0.29, 0.717) is 30.2 Å². The number of aromatic nitrogens is 2. The highest BCUT2D eigenvalue weighted by Gasteiger charge is 2.50. The average Bonchev–Trinajstić information content (AvgIpc) is 2.51. The Morgan fingerprint density at radius 1 is 1.36 bits per heavy atom. The summed E-state index contributed by atoms with van der Waals surface area (Å²) in [5.74, 6) is 1.83. The van der Waals surface area contributed by atoms with E-state index in [1.165, 1.54) is 6.42 Å². The molecule has 1 aromatic heterocycles. The molecule has 25 heavy (non-hydrogen) atoms. The van der Waals surface area contributed by atoms with Gasteiger partial charge in [0.2, 0.25) is 11.8 Å². The molecule has 0 N–H and O–H groups in total. The summed E-state index contributed by atoms with van der Waals surface area (Å²) < 4.78 is 11.8. The van der Waals surface area contributed by atoms with E-state index in [2.05, 4.69) is 9.97 Å². The first-order valence-electron chi connectivity index (χ1n) is 9.48. The highest BCUT2D eigenvalue weighted by molar-refractivity contribution is 5.80. The van der Waals surface area contributed by atoms with Gasteiger partial charge >= 0.3 is 0 Å². The molecule has 1 aliphatic carbocycles. The molecule has 6 heteroatoms. The Morgan fingerprint density at radius 3 is 2.92 bits per heavy atom. The number of hydrogen-bond donors (Lipinski definition) is 0. The standard InChI is InChI=1S/C19H27N3O3/c1-14-10-20-11-17(21-14)24-7-5-15-6-8-25-19(9-15)12-22(13-19)18(23)16-3-2-4-16/h10-11,15-16H,2-9,12-13H2,1H3. The van der Waals surface area contributed by atoms with E-state index in [0.717, 1.165) is 57.5 Å². The van der Waals surface area contributed by atoms with Gasteiger partial charge in [-0.1, -0.05) is 6.42 Å². The molecule has 0 aromatic carbocycles. The minimum absolute atomic E-state index is 0.0918. The van der Waals surface area contributed by atoms with Crippen molar-refractivity contribution in [2.75, 3.05) is 26.3 Å². The Morgan fingerprint density at radius 2 is 2.20 bits per heavy atom. The molecule has 3 fully saturated rings. The molecule has 2 aliphatic heterocycles. The average molecular weight is 345 g/mol. The van der Waals surface area contributed by atoms with Gasteiger partial charge in [0, 0.05) is 18.7 Å². The van der Waals surface area contributed by atoms with Crippen LogP contribution in [-0.2, 0) is 9.53 Å². The second-order valence-electron chi connectivity index (χ2n) is 7.85. The Hall–Kier alpha value is -1.69. The van der Waals surface area contributed by atoms with Crippen molar-refractivity contribution in [3.63, 3.8) is 0 Å². The summed E-state index contributed by atoms with van der Waals surface area (Å²) in [6.45, 7) is 4.92. The number of ether oxygens (including phenoxy) is 2. The van der Waals surface area contributed by atoms with Crippen molar-refractivity contribution in [3.05, 3.63) is 18.1 Å². The third kappa shape index (κ3) is 3.64. The number of carbonyl (C=O) groups is 1. The fraction of sp³-hybridized carbons (Fsp3) is 0.737. The summed E-state index contributed by atoms with van der Waals surface area (Å²) in [7, 11) is 0. The molecular weight excluding hydrogens is 318 g/mol. The first-order chi connectivity index (χ1) is 12.1. The quantitative estimate of drug-likeness (QED) is 0.820. The number of amides is 1. The summed E-state index contributed by atoms with van der Waals surface area (Å²) in [5.41, 5.74) is 0.777. The zero-order chi connectivity index (χ0) is 17.3. The Balaban J connectivity index is 1.22. The molecule has 1 atom stereocenters. The van der Waals surface area contributed by atoms with E-state index >= 15 is 0 Å². The number of hydrogen-bond acceptors (Lipinski definition) is 5. The lowest BCUT2D eigenvalue weighted by atomic mass is 9.77. The molecule has 2 saturated heterocycles. The van der Waals surface area contributed by atoms with Crippen molar-refractivity contribution in [3.8, 4) is 5.88 Å². The lowest BCUT2D eigenvalue weighted by Gasteiger charge is -2.54. The van der Waals surface area contributed by atoms with Crippen LogP contribution in [0.1, 0.15) is 44.2 Å². The first-order valence-corrected chi connectivity index (χ1v) is 9.48. The SMILES string of the molecule is Cc1cncc(OCCC2CCOC3(C2)CN(C(=O)C2CCC2)C3)n1. The van der Waals surface area contributed by atoms with Crippen molar-refractivity contribution < 1.29 is 14.3 Å². The summed E-state index contributed by atoms with van der Waals surface area (Å²) in [5, 5.41) is 0. The zero-order valence-corrected chi connectivity index (χ0v) is 14.9. The molecule has 0 bridgehead atoms. The molecule has 1 unspecified atom stereocenters. The van der Waals surface area contributed by atoms with Crippen LogP contribution < -0.4 is 4.74 Å². The largest absolute Gasteiger partial charge is 0.477 e. The van der Waals surface area contributed by atoms with Crippen molar-refractivity contribution in [2.45, 2.75) is 51.0 Å². The number of carbonyl (C=O) groups excluding carboxylic acids is 1. The third-order valence-corrected chi connectivity index (χ3v) is 5.83. The van der Waals surface area contributed by atoms with Crippen LogP contribution in [0, 0.1) is 18.8 Å². The van der Waals surface area contributed by atoms with Gasteiger partial charge in [0.25, 0.3) is 0 Å². The van der Waals surface area contributed by atoms with E-state index < -0.39 is 0 Å². The molecule has 136 valence electrons. The van der Waals surface area contributed by atoms with Gasteiger partial charge in [0.15, 0.2) is 0 Å². The first kappa shape index (κ1) is 16.8. The van der Waals surface area contributed by atoms with Crippen molar-refractivity contribution >= 4 is 5.91 Å². The molecule has 3 aliphatic rings. The van der Waals surface area contributed by atoms with Crippen LogP contribution in [0.3, 0.4) is 0 Å². The Kier molecular flexibility index (Phi) is 4.63. The highest BCUT2D eigenvalue weighted by atomic mass is 16.5. The van der Waals surface area contributed by atoms with E-state index in [-0.39, 0.29) is 5.60 Å². The van der Waals surface area contributed by atoms with Crippen molar-refractivity contribution in [1.29, 1.82) is 0 Å². The van der Waals surface area contributed by atoms with E-state index in [1.54, 1.807) is 12.4 Å². The van der Waals surface area contributed by atoms with Gasteiger partial charge in [-0.15, -0.1) is 0 Å². The van der Waals surface area contributed by atoms with Crippen molar-refractivity contribution in [1.82, 2.24) is 14.9 Å². The summed E-state index contributed by atoms with van der Waals surface area (Å²) in [6, 6.07) is 0. The third-order valence-electron chi connectivity index (χ3n) is 5.83. The number of likely N-dealkylation sites (tertiary alicyclic amines) is 1. The molecule has 1 saturated carbocycles. The molecule has 0 radical (unpaired) electrons.